The molecule has 0 fully saturated rings. The molecule has 106 valence electrons. The Labute approximate surface area is 132 Å². The van der Waals surface area contributed by atoms with E-state index in [1.54, 1.807) is 7.11 Å². The van der Waals surface area contributed by atoms with Gasteiger partial charge in [-0.05, 0) is 58.9 Å². The fraction of sp³-hybridized carbons (Fsp3) is 0.200. The maximum absolute atomic E-state index is 6.21. The van der Waals surface area contributed by atoms with E-state index in [1.165, 1.54) is 0 Å². The maximum atomic E-state index is 6.21. The van der Waals surface area contributed by atoms with Crippen molar-refractivity contribution in [1.29, 1.82) is 0 Å². The summed E-state index contributed by atoms with van der Waals surface area (Å²) < 4.78 is 11.8. The van der Waals surface area contributed by atoms with Crippen molar-refractivity contribution in [3.63, 3.8) is 0 Å². The van der Waals surface area contributed by atoms with Gasteiger partial charge in [-0.3, -0.25) is 0 Å². The van der Waals surface area contributed by atoms with Crippen molar-refractivity contribution >= 4 is 27.5 Å². The molecule has 0 spiro atoms. The summed E-state index contributed by atoms with van der Waals surface area (Å²) in [5.74, 6) is 2.18. The average Bonchev–Trinajstić information content (AvgIpc) is 2.44. The van der Waals surface area contributed by atoms with Gasteiger partial charge in [0.1, 0.15) is 17.2 Å². The fourth-order valence-electron chi connectivity index (χ4n) is 1.74. The number of rotatable bonds is 5. The summed E-state index contributed by atoms with van der Waals surface area (Å²) in [5.41, 5.74) is 1.04. The number of benzene rings is 2. The Morgan fingerprint density at radius 1 is 1.15 bits per heavy atom. The van der Waals surface area contributed by atoms with E-state index < -0.39 is 0 Å². The van der Waals surface area contributed by atoms with Gasteiger partial charge in [0.05, 0.1) is 11.6 Å². The number of hydrogen-bond donors (Lipinski definition) is 1. The van der Waals surface area contributed by atoms with Crippen molar-refractivity contribution in [3.8, 4) is 17.2 Å². The molecule has 0 amide bonds. The van der Waals surface area contributed by atoms with Crippen LogP contribution in [-0.2, 0) is 6.54 Å². The molecule has 0 aliphatic rings. The van der Waals surface area contributed by atoms with E-state index in [0.29, 0.717) is 16.5 Å². The first-order valence-corrected chi connectivity index (χ1v) is 7.25. The Morgan fingerprint density at radius 2 is 1.90 bits per heavy atom. The third-order valence-electron chi connectivity index (χ3n) is 2.76. The Hall–Kier alpha value is -1.23. The van der Waals surface area contributed by atoms with Gasteiger partial charge in [-0.25, -0.2) is 0 Å². The second-order valence-electron chi connectivity index (χ2n) is 4.18. The van der Waals surface area contributed by atoms with Crippen LogP contribution in [-0.4, -0.2) is 14.2 Å². The summed E-state index contributed by atoms with van der Waals surface area (Å²) in [6, 6.07) is 11.2. The van der Waals surface area contributed by atoms with E-state index in [1.807, 2.05) is 43.4 Å². The highest BCUT2D eigenvalue weighted by molar-refractivity contribution is 9.10. The summed E-state index contributed by atoms with van der Waals surface area (Å²) in [5, 5.41) is 3.75. The van der Waals surface area contributed by atoms with E-state index in [4.69, 9.17) is 21.1 Å². The number of halogens is 2. The summed E-state index contributed by atoms with van der Waals surface area (Å²) in [4.78, 5) is 0. The van der Waals surface area contributed by atoms with E-state index in [2.05, 4.69) is 21.2 Å². The lowest BCUT2D eigenvalue weighted by Crippen LogP contribution is -2.05. The van der Waals surface area contributed by atoms with Crippen molar-refractivity contribution in [1.82, 2.24) is 5.32 Å². The molecular formula is C15H15BrClNO2. The summed E-state index contributed by atoms with van der Waals surface area (Å²) in [6.07, 6.45) is 0. The molecule has 0 saturated heterocycles. The summed E-state index contributed by atoms with van der Waals surface area (Å²) in [6.45, 7) is 0.728. The monoisotopic (exact) mass is 355 g/mol. The van der Waals surface area contributed by atoms with Crippen molar-refractivity contribution in [2.24, 2.45) is 0 Å². The molecule has 2 aromatic rings. The average molecular weight is 357 g/mol. The van der Waals surface area contributed by atoms with Gasteiger partial charge in [-0.1, -0.05) is 17.7 Å². The minimum atomic E-state index is 0.682. The number of methoxy groups -OCH3 is 1. The number of ether oxygens (including phenoxy) is 2. The number of nitrogens with one attached hydrogen (secondary N) is 1. The molecule has 0 saturated carbocycles. The van der Waals surface area contributed by atoms with Crippen LogP contribution in [0.5, 0.6) is 17.2 Å². The van der Waals surface area contributed by atoms with Crippen molar-refractivity contribution in [3.05, 3.63) is 51.5 Å². The lowest BCUT2D eigenvalue weighted by molar-refractivity contribution is 0.412. The maximum Gasteiger partial charge on any atom is 0.141 e. The smallest absolute Gasteiger partial charge is 0.141 e. The highest BCUT2D eigenvalue weighted by atomic mass is 79.9. The first-order valence-electron chi connectivity index (χ1n) is 6.08. The lowest BCUT2D eigenvalue weighted by Gasteiger charge is -2.11. The van der Waals surface area contributed by atoms with Crippen LogP contribution >= 0.6 is 27.5 Å². The molecule has 3 nitrogen and oxygen atoms in total. The summed E-state index contributed by atoms with van der Waals surface area (Å²) in [7, 11) is 3.51. The van der Waals surface area contributed by atoms with Crippen LogP contribution in [0.1, 0.15) is 5.56 Å². The van der Waals surface area contributed by atoms with Gasteiger partial charge in [-0.15, -0.1) is 0 Å². The molecular weight excluding hydrogens is 342 g/mol. The SMILES string of the molecule is CNCc1ccc(Oc2ccc(OC)cc2Br)cc1Cl. The number of hydrogen-bond acceptors (Lipinski definition) is 3. The zero-order valence-electron chi connectivity index (χ0n) is 11.2. The molecule has 0 heterocycles. The van der Waals surface area contributed by atoms with Crippen LogP contribution in [0, 0.1) is 0 Å². The lowest BCUT2D eigenvalue weighted by atomic mass is 10.2. The zero-order chi connectivity index (χ0) is 14.5. The van der Waals surface area contributed by atoms with E-state index in [0.717, 1.165) is 22.3 Å². The second kappa shape index (κ2) is 6.97. The van der Waals surface area contributed by atoms with Gasteiger partial charge < -0.3 is 14.8 Å². The highest BCUT2D eigenvalue weighted by Crippen LogP contribution is 2.34. The molecule has 2 rings (SSSR count). The van der Waals surface area contributed by atoms with Crippen LogP contribution < -0.4 is 14.8 Å². The van der Waals surface area contributed by atoms with Crippen molar-refractivity contribution in [2.75, 3.05) is 14.2 Å². The molecule has 2 aromatic carbocycles. The van der Waals surface area contributed by atoms with Gasteiger partial charge in [-0.2, -0.15) is 0 Å². The third kappa shape index (κ3) is 3.66. The largest absolute Gasteiger partial charge is 0.497 e. The first kappa shape index (κ1) is 15.2. The van der Waals surface area contributed by atoms with Crippen LogP contribution in [0.4, 0.5) is 0 Å². The minimum absolute atomic E-state index is 0.682. The van der Waals surface area contributed by atoms with Gasteiger partial charge in [0.25, 0.3) is 0 Å². The van der Waals surface area contributed by atoms with E-state index >= 15 is 0 Å². The van der Waals surface area contributed by atoms with Crippen LogP contribution in [0.3, 0.4) is 0 Å². The van der Waals surface area contributed by atoms with E-state index in [-0.39, 0.29) is 0 Å². The fourth-order valence-corrected chi connectivity index (χ4v) is 2.42. The molecule has 20 heavy (non-hydrogen) atoms. The Balaban J connectivity index is 2.19. The van der Waals surface area contributed by atoms with Crippen LogP contribution in [0.15, 0.2) is 40.9 Å². The minimum Gasteiger partial charge on any atom is -0.497 e. The quantitative estimate of drug-likeness (QED) is 0.848. The highest BCUT2D eigenvalue weighted by Gasteiger charge is 2.07. The van der Waals surface area contributed by atoms with Gasteiger partial charge in [0.15, 0.2) is 0 Å². The standard InChI is InChI=1S/C15H15BrClNO2/c1-18-9-10-3-4-12(8-14(10)17)20-15-6-5-11(19-2)7-13(15)16/h3-8,18H,9H2,1-2H3. The predicted molar refractivity (Wildman–Crippen MR) is 85.0 cm³/mol. The predicted octanol–water partition coefficient (Wildman–Crippen LogP) is 4.62. The summed E-state index contributed by atoms with van der Waals surface area (Å²) >= 11 is 9.67. The molecule has 0 aliphatic heterocycles. The zero-order valence-corrected chi connectivity index (χ0v) is 13.6. The molecule has 0 aliphatic carbocycles. The van der Waals surface area contributed by atoms with Crippen LogP contribution in [0.2, 0.25) is 5.02 Å². The normalized spacial score (nSPS) is 10.4. The van der Waals surface area contributed by atoms with Crippen molar-refractivity contribution in [2.45, 2.75) is 6.54 Å². The third-order valence-corrected chi connectivity index (χ3v) is 3.73. The Bertz CT molecular complexity index is 604. The van der Waals surface area contributed by atoms with Gasteiger partial charge in [0, 0.05) is 11.6 Å². The molecule has 5 heteroatoms. The molecule has 0 atom stereocenters. The topological polar surface area (TPSA) is 30.5 Å². The van der Waals surface area contributed by atoms with Crippen LogP contribution in [0.25, 0.3) is 0 Å². The molecule has 1 N–H and O–H groups in total. The van der Waals surface area contributed by atoms with E-state index in [9.17, 15) is 0 Å². The molecule has 0 bridgehead atoms. The van der Waals surface area contributed by atoms with Gasteiger partial charge >= 0.3 is 0 Å². The molecule has 0 unspecified atom stereocenters. The van der Waals surface area contributed by atoms with Gasteiger partial charge in [0.2, 0.25) is 0 Å². The first-order chi connectivity index (χ1) is 9.63. The van der Waals surface area contributed by atoms with Crippen molar-refractivity contribution < 1.29 is 9.47 Å². The molecule has 0 radical (unpaired) electrons. The Kier molecular flexibility index (Phi) is 5.29. The second-order valence-corrected chi connectivity index (χ2v) is 5.44. The molecule has 0 aromatic heterocycles. The Morgan fingerprint density at radius 3 is 2.50 bits per heavy atom.